The Bertz CT molecular complexity index is 1300. The lowest BCUT2D eigenvalue weighted by molar-refractivity contribution is -0.154. The summed E-state index contributed by atoms with van der Waals surface area (Å²) in [6, 6.07) is 18.2. The van der Waals surface area contributed by atoms with Gasteiger partial charge < -0.3 is 15.0 Å². The Kier molecular flexibility index (Phi) is 8.09. The fraction of sp³-hybridized carbons (Fsp3) is 0.286. The number of amides is 2. The highest BCUT2D eigenvalue weighted by Crippen LogP contribution is 2.29. The number of rotatable bonds is 7. The molecule has 0 bridgehead atoms. The second-order valence-electron chi connectivity index (χ2n) is 9.10. The highest BCUT2D eigenvalue weighted by molar-refractivity contribution is 6.46. The molecule has 0 unspecified atom stereocenters. The Morgan fingerprint density at radius 1 is 0.974 bits per heavy atom. The number of piperidine rings is 1. The highest BCUT2D eigenvalue weighted by Gasteiger charge is 2.29. The summed E-state index contributed by atoms with van der Waals surface area (Å²) in [6.45, 7) is 1.34. The summed E-state index contributed by atoms with van der Waals surface area (Å²) >= 11 is 0. The minimum atomic E-state index is -4.49. The van der Waals surface area contributed by atoms with Gasteiger partial charge in [0.1, 0.15) is 5.69 Å². The van der Waals surface area contributed by atoms with Gasteiger partial charge in [-0.1, -0.05) is 48.0 Å². The molecule has 4 rings (SSSR count). The third kappa shape index (κ3) is 6.96. The Hall–Kier alpha value is -4.21. The molecule has 1 N–H and O–H groups in total. The Morgan fingerprint density at radius 3 is 2.26 bits per heavy atom. The van der Waals surface area contributed by atoms with Crippen molar-refractivity contribution in [2.75, 3.05) is 25.0 Å². The maximum atomic E-state index is 12.8. The quantitative estimate of drug-likeness (QED) is 0.340. The second kappa shape index (κ2) is 11.5. The van der Waals surface area contributed by atoms with E-state index in [1.807, 2.05) is 19.1 Å². The van der Waals surface area contributed by atoms with Gasteiger partial charge in [-0.05, 0) is 49.4 Å². The molecule has 2 heterocycles. The predicted octanol–water partition coefficient (Wildman–Crippen LogP) is 5.17. The summed E-state index contributed by atoms with van der Waals surface area (Å²) in [5, 5.41) is 2.63. The number of hydrogen-bond donors (Lipinski definition) is 1. The van der Waals surface area contributed by atoms with Crippen molar-refractivity contribution in [1.82, 2.24) is 9.88 Å². The van der Waals surface area contributed by atoms with E-state index >= 15 is 0 Å². The van der Waals surface area contributed by atoms with Gasteiger partial charge in [0.25, 0.3) is 17.6 Å². The molecule has 38 heavy (non-hydrogen) atoms. The smallest absolute Gasteiger partial charge is 0.422 e. The molecule has 3 aromatic rings. The van der Waals surface area contributed by atoms with Crippen LogP contribution in [0, 0.1) is 6.92 Å². The van der Waals surface area contributed by atoms with Gasteiger partial charge in [-0.15, -0.1) is 0 Å². The van der Waals surface area contributed by atoms with Gasteiger partial charge in [-0.3, -0.25) is 14.4 Å². The van der Waals surface area contributed by atoms with Gasteiger partial charge in [0, 0.05) is 30.4 Å². The maximum Gasteiger partial charge on any atom is 0.422 e. The van der Waals surface area contributed by atoms with Crippen LogP contribution in [0.4, 0.5) is 18.9 Å². The number of halogens is 3. The molecule has 1 fully saturated rings. The number of pyridine rings is 1. The molecule has 2 aromatic carbocycles. The van der Waals surface area contributed by atoms with Crippen LogP contribution in [-0.2, 0) is 4.79 Å². The third-order valence-electron chi connectivity index (χ3n) is 6.27. The molecular formula is C28H26F3N3O4. The number of likely N-dealkylation sites (tertiary alicyclic amines) is 1. The number of nitrogens with one attached hydrogen (secondary N) is 1. The Balaban J connectivity index is 1.30. The van der Waals surface area contributed by atoms with E-state index in [2.05, 4.69) is 15.0 Å². The summed E-state index contributed by atoms with van der Waals surface area (Å²) in [7, 11) is 0. The number of aryl methyl sites for hydroxylation is 1. The first-order chi connectivity index (χ1) is 18.1. The number of nitrogens with zero attached hydrogens (tertiary/aromatic N) is 2. The van der Waals surface area contributed by atoms with E-state index in [-0.39, 0.29) is 23.4 Å². The number of ether oxygens (including phenoxy) is 1. The minimum absolute atomic E-state index is 0.0309. The van der Waals surface area contributed by atoms with Crippen molar-refractivity contribution in [3.8, 4) is 5.88 Å². The predicted molar refractivity (Wildman–Crippen MR) is 134 cm³/mol. The monoisotopic (exact) mass is 525 g/mol. The van der Waals surface area contributed by atoms with E-state index < -0.39 is 24.5 Å². The molecule has 1 aliphatic rings. The van der Waals surface area contributed by atoms with Crippen molar-refractivity contribution in [2.45, 2.75) is 31.9 Å². The van der Waals surface area contributed by atoms with E-state index in [1.54, 1.807) is 41.3 Å². The molecule has 0 aliphatic carbocycles. The van der Waals surface area contributed by atoms with Gasteiger partial charge in [0.05, 0.1) is 0 Å². The van der Waals surface area contributed by atoms with Crippen molar-refractivity contribution in [3.63, 3.8) is 0 Å². The average Bonchev–Trinajstić information content (AvgIpc) is 2.92. The largest absolute Gasteiger partial charge is 0.468 e. The van der Waals surface area contributed by atoms with Crippen LogP contribution in [0.25, 0.3) is 0 Å². The molecule has 1 aromatic heterocycles. The van der Waals surface area contributed by atoms with Crippen LogP contribution < -0.4 is 10.1 Å². The van der Waals surface area contributed by atoms with Gasteiger partial charge in [0.2, 0.25) is 5.88 Å². The summed E-state index contributed by atoms with van der Waals surface area (Å²) in [5.74, 6) is -1.76. The second-order valence-corrected chi connectivity index (χ2v) is 9.10. The number of carbonyl (C=O) groups is 3. The van der Waals surface area contributed by atoms with Crippen LogP contribution in [0.5, 0.6) is 5.88 Å². The zero-order valence-electron chi connectivity index (χ0n) is 20.6. The fourth-order valence-electron chi connectivity index (χ4n) is 4.21. The molecule has 10 heteroatoms. The Morgan fingerprint density at radius 2 is 1.63 bits per heavy atom. The summed E-state index contributed by atoms with van der Waals surface area (Å²) in [4.78, 5) is 43.1. The number of aromatic nitrogens is 1. The third-order valence-corrected chi connectivity index (χ3v) is 6.27. The zero-order valence-corrected chi connectivity index (χ0v) is 20.6. The topological polar surface area (TPSA) is 88.6 Å². The number of benzene rings is 2. The van der Waals surface area contributed by atoms with E-state index in [0.29, 0.717) is 37.2 Å². The van der Waals surface area contributed by atoms with Crippen molar-refractivity contribution in [1.29, 1.82) is 0 Å². The molecule has 1 saturated heterocycles. The first kappa shape index (κ1) is 26.8. The van der Waals surface area contributed by atoms with Crippen LogP contribution in [0.15, 0.2) is 66.7 Å². The molecule has 2 amide bonds. The van der Waals surface area contributed by atoms with Gasteiger partial charge in [0.15, 0.2) is 6.61 Å². The maximum absolute atomic E-state index is 12.8. The van der Waals surface area contributed by atoms with E-state index in [0.717, 1.165) is 11.1 Å². The number of anilines is 1. The lowest BCUT2D eigenvalue weighted by Gasteiger charge is -2.32. The normalized spacial score (nSPS) is 14.2. The lowest BCUT2D eigenvalue weighted by Crippen LogP contribution is -2.38. The zero-order chi connectivity index (χ0) is 27.3. The molecule has 0 atom stereocenters. The number of hydrogen-bond acceptors (Lipinski definition) is 5. The van der Waals surface area contributed by atoms with Crippen molar-refractivity contribution < 1.29 is 32.3 Å². The number of Topliss-reactive ketones (excluding diaryl/α,β-unsaturated/α-hetero) is 1. The fourth-order valence-corrected chi connectivity index (χ4v) is 4.21. The first-order valence-electron chi connectivity index (χ1n) is 12.1. The minimum Gasteiger partial charge on any atom is -0.468 e. The molecule has 0 radical (unpaired) electrons. The molecule has 198 valence electrons. The number of ketones is 1. The van der Waals surface area contributed by atoms with Crippen molar-refractivity contribution in [3.05, 3.63) is 89.1 Å². The molecule has 7 nitrogen and oxygen atoms in total. The van der Waals surface area contributed by atoms with Crippen LogP contribution >= 0.6 is 0 Å². The summed E-state index contributed by atoms with van der Waals surface area (Å²) < 4.78 is 41.8. The van der Waals surface area contributed by atoms with Crippen LogP contribution in [0.1, 0.15) is 50.7 Å². The molecule has 0 spiro atoms. The van der Waals surface area contributed by atoms with E-state index in [4.69, 9.17) is 0 Å². The number of carbonyl (C=O) groups excluding carboxylic acids is 3. The van der Waals surface area contributed by atoms with E-state index in [1.165, 1.54) is 18.2 Å². The van der Waals surface area contributed by atoms with Gasteiger partial charge in [-0.2, -0.15) is 13.2 Å². The molecular weight excluding hydrogens is 499 g/mol. The molecule has 1 aliphatic heterocycles. The molecule has 0 saturated carbocycles. The van der Waals surface area contributed by atoms with Gasteiger partial charge in [-0.25, -0.2) is 4.98 Å². The van der Waals surface area contributed by atoms with Crippen LogP contribution in [0.3, 0.4) is 0 Å². The van der Waals surface area contributed by atoms with Gasteiger partial charge >= 0.3 is 6.18 Å². The average molecular weight is 526 g/mol. The number of alkyl halides is 3. The SMILES string of the molecule is Cc1ccc(C(=O)C(=O)Nc2ccc(C3CCN(C(=O)c4cccc(OCC(F)(F)F)n4)CC3)cc2)cc1. The Labute approximate surface area is 217 Å². The van der Waals surface area contributed by atoms with Crippen LogP contribution in [0.2, 0.25) is 0 Å². The summed E-state index contributed by atoms with van der Waals surface area (Å²) in [6.07, 6.45) is -3.12. The van der Waals surface area contributed by atoms with E-state index in [9.17, 15) is 27.6 Å². The first-order valence-corrected chi connectivity index (χ1v) is 12.1. The standard InChI is InChI=1S/C28H26F3N3O4/c1-18-5-7-21(8-6-18)25(35)26(36)32-22-11-9-19(10-12-22)20-13-15-34(16-14-20)27(37)23-3-2-4-24(33-23)38-17-28(29,30)31/h2-12,20H,13-17H2,1H3,(H,32,36). The lowest BCUT2D eigenvalue weighted by atomic mass is 9.89. The van der Waals surface area contributed by atoms with Crippen LogP contribution in [-0.4, -0.2) is 53.4 Å². The summed E-state index contributed by atoms with van der Waals surface area (Å²) in [5.41, 5.74) is 2.89. The highest BCUT2D eigenvalue weighted by atomic mass is 19.4. The van der Waals surface area contributed by atoms with Crippen molar-refractivity contribution in [2.24, 2.45) is 0 Å². The van der Waals surface area contributed by atoms with Crippen molar-refractivity contribution >= 4 is 23.3 Å².